The average Bonchev–Trinajstić information content (AvgIpc) is 2.47. The van der Waals surface area contributed by atoms with Crippen LogP contribution in [0, 0.1) is 0 Å². The van der Waals surface area contributed by atoms with Crippen molar-refractivity contribution in [3.8, 4) is 0 Å². The Labute approximate surface area is 142 Å². The van der Waals surface area contributed by atoms with E-state index in [-0.39, 0.29) is 0 Å². The Morgan fingerprint density at radius 1 is 0.875 bits per heavy atom. The fourth-order valence-electron chi connectivity index (χ4n) is 1.77. The van der Waals surface area contributed by atoms with Crippen molar-refractivity contribution in [3.05, 3.63) is 71.8 Å². The summed E-state index contributed by atoms with van der Waals surface area (Å²) in [5.74, 6) is 2.38. The Morgan fingerprint density at radius 2 is 1.17 bits per heavy atom. The Kier molecular flexibility index (Phi) is 7.78. The summed E-state index contributed by atoms with van der Waals surface area (Å²) in [5, 5.41) is 0. The van der Waals surface area contributed by atoms with Gasteiger partial charge in [-0.25, -0.2) is 8.42 Å². The molecular formula is C16H17F3O3S2. The van der Waals surface area contributed by atoms with Crippen molar-refractivity contribution in [2.24, 2.45) is 0 Å². The summed E-state index contributed by atoms with van der Waals surface area (Å²) in [5.41, 5.74) is -2.75. The van der Waals surface area contributed by atoms with Crippen LogP contribution in [0.3, 0.4) is 0 Å². The summed E-state index contributed by atoms with van der Waals surface area (Å²) >= 11 is 0. The van der Waals surface area contributed by atoms with Crippen LogP contribution >= 0.6 is 0 Å². The molecule has 2 aromatic rings. The lowest BCUT2D eigenvalue weighted by Gasteiger charge is -2.08. The first-order valence-electron chi connectivity index (χ1n) is 6.79. The van der Waals surface area contributed by atoms with Crippen molar-refractivity contribution in [2.45, 2.75) is 17.0 Å². The second-order valence-corrected chi connectivity index (χ2v) is 8.45. The molecule has 0 aliphatic heterocycles. The topological polar surface area (TPSA) is 57.2 Å². The van der Waals surface area contributed by atoms with E-state index in [0.717, 1.165) is 0 Å². The van der Waals surface area contributed by atoms with E-state index in [1.165, 1.54) is 22.6 Å². The zero-order valence-corrected chi connectivity index (χ0v) is 14.5. The highest BCUT2D eigenvalue weighted by atomic mass is 32.2. The largest absolute Gasteiger partial charge is 0.741 e. The first-order chi connectivity index (χ1) is 11.1. The highest BCUT2D eigenvalue weighted by Gasteiger charge is 2.36. The molecule has 0 bridgehead atoms. The molecule has 24 heavy (non-hydrogen) atoms. The van der Waals surface area contributed by atoms with Gasteiger partial charge in [-0.05, 0) is 10.9 Å². The fraction of sp³-hybridized carbons (Fsp3) is 0.250. The van der Waals surface area contributed by atoms with Crippen LogP contribution < -0.4 is 0 Å². The summed E-state index contributed by atoms with van der Waals surface area (Å²) in [6.45, 7) is 0. The van der Waals surface area contributed by atoms with Gasteiger partial charge in [0.1, 0.15) is 11.5 Å². The molecule has 0 aromatic heterocycles. The van der Waals surface area contributed by atoms with Crippen LogP contribution in [0.4, 0.5) is 13.2 Å². The molecule has 0 N–H and O–H groups in total. The second kappa shape index (κ2) is 9.10. The number of benzene rings is 2. The standard InChI is InChI=1S/C15H17S.CHF3O3S/c1-16(12-14-8-4-2-5-9-14)13-15-10-6-3-7-11-15;2-1(3,4)8(5,6)7/h2-11H,12-13H2,1H3;(H,5,6,7)/q+1;/p-1. The van der Waals surface area contributed by atoms with E-state index >= 15 is 0 Å². The summed E-state index contributed by atoms with van der Waals surface area (Å²) in [7, 11) is -5.66. The molecule has 0 aliphatic carbocycles. The van der Waals surface area contributed by atoms with Gasteiger partial charge in [-0.2, -0.15) is 13.2 Å². The third-order valence-corrected chi connectivity index (χ3v) is 5.01. The first kappa shape index (κ1) is 20.5. The number of halogens is 3. The minimum atomic E-state index is -6.09. The molecule has 2 aromatic carbocycles. The molecule has 0 spiro atoms. The molecule has 0 fully saturated rings. The minimum absolute atomic E-state index is 0.428. The van der Waals surface area contributed by atoms with E-state index in [9.17, 15) is 13.2 Å². The predicted octanol–water partition coefficient (Wildman–Crippen LogP) is 3.69. The molecule has 0 radical (unpaired) electrons. The molecule has 0 atom stereocenters. The quantitative estimate of drug-likeness (QED) is 0.463. The molecule has 8 heteroatoms. The molecule has 0 aliphatic rings. The number of hydrogen-bond acceptors (Lipinski definition) is 3. The van der Waals surface area contributed by atoms with E-state index in [1.54, 1.807) is 0 Å². The van der Waals surface area contributed by atoms with E-state index in [4.69, 9.17) is 13.0 Å². The first-order valence-corrected chi connectivity index (χ1v) is 10.2. The number of alkyl halides is 3. The van der Waals surface area contributed by atoms with Crippen LogP contribution in [0.25, 0.3) is 0 Å². The summed E-state index contributed by atoms with van der Waals surface area (Å²) < 4.78 is 58.9. The van der Waals surface area contributed by atoms with Crippen molar-refractivity contribution < 1.29 is 26.1 Å². The van der Waals surface area contributed by atoms with Gasteiger partial charge in [0, 0.05) is 11.1 Å². The molecule has 0 heterocycles. The zero-order valence-electron chi connectivity index (χ0n) is 12.9. The molecule has 0 saturated heterocycles. The summed E-state index contributed by atoms with van der Waals surface area (Å²) in [4.78, 5) is 0. The lowest BCUT2D eigenvalue weighted by Crippen LogP contribution is -2.21. The molecule has 0 saturated carbocycles. The third-order valence-electron chi connectivity index (χ3n) is 2.80. The van der Waals surface area contributed by atoms with E-state index in [2.05, 4.69) is 66.9 Å². The van der Waals surface area contributed by atoms with Gasteiger partial charge in [0.25, 0.3) is 0 Å². The molecule has 0 unspecified atom stereocenters. The van der Waals surface area contributed by atoms with Gasteiger partial charge in [0.15, 0.2) is 10.1 Å². The Morgan fingerprint density at radius 3 is 1.42 bits per heavy atom. The highest BCUT2D eigenvalue weighted by Crippen LogP contribution is 2.20. The van der Waals surface area contributed by atoms with Crippen molar-refractivity contribution in [1.82, 2.24) is 0 Å². The predicted molar refractivity (Wildman–Crippen MR) is 89.3 cm³/mol. The van der Waals surface area contributed by atoms with Crippen molar-refractivity contribution in [3.63, 3.8) is 0 Å². The van der Waals surface area contributed by atoms with Gasteiger partial charge in [-0.15, -0.1) is 0 Å². The molecule has 0 amide bonds. The average molecular weight is 378 g/mol. The van der Waals surface area contributed by atoms with Crippen LogP contribution in [0.5, 0.6) is 0 Å². The summed E-state index contributed by atoms with van der Waals surface area (Å²) in [6, 6.07) is 21.5. The van der Waals surface area contributed by atoms with Gasteiger partial charge < -0.3 is 4.55 Å². The van der Waals surface area contributed by atoms with Crippen LogP contribution in [0.15, 0.2) is 60.7 Å². The van der Waals surface area contributed by atoms with Crippen LogP contribution in [-0.4, -0.2) is 24.7 Å². The van der Waals surface area contributed by atoms with Gasteiger partial charge in [0.05, 0.1) is 6.26 Å². The van der Waals surface area contributed by atoms with Crippen LogP contribution in [0.1, 0.15) is 11.1 Å². The van der Waals surface area contributed by atoms with E-state index < -0.39 is 15.6 Å². The third kappa shape index (κ3) is 7.85. The normalized spacial score (nSPS) is 11.8. The van der Waals surface area contributed by atoms with Gasteiger partial charge >= 0.3 is 5.51 Å². The molecule has 2 rings (SSSR count). The highest BCUT2D eigenvalue weighted by molar-refractivity contribution is 7.94. The van der Waals surface area contributed by atoms with Gasteiger partial charge in [0.2, 0.25) is 0 Å². The number of hydrogen-bond donors (Lipinski definition) is 0. The monoisotopic (exact) mass is 378 g/mol. The fourth-order valence-corrected chi connectivity index (χ4v) is 3.39. The van der Waals surface area contributed by atoms with Crippen molar-refractivity contribution in [1.29, 1.82) is 0 Å². The SMILES string of the molecule is C[S+](Cc1ccccc1)Cc1ccccc1.O=S(=O)([O-])C(F)(F)F. The molecule has 3 nitrogen and oxygen atoms in total. The Bertz CT molecular complexity index is 661. The lowest BCUT2D eigenvalue weighted by molar-refractivity contribution is -0.0517. The van der Waals surface area contributed by atoms with Crippen molar-refractivity contribution in [2.75, 3.05) is 6.26 Å². The molecule has 132 valence electrons. The van der Waals surface area contributed by atoms with Crippen LogP contribution in [0.2, 0.25) is 0 Å². The van der Waals surface area contributed by atoms with Crippen molar-refractivity contribution >= 4 is 21.0 Å². The maximum absolute atomic E-state index is 10.7. The smallest absolute Gasteiger partial charge is 0.485 e. The maximum Gasteiger partial charge on any atom is 0.485 e. The van der Waals surface area contributed by atoms with E-state index in [1.807, 2.05) is 0 Å². The van der Waals surface area contributed by atoms with Gasteiger partial charge in [-0.3, -0.25) is 0 Å². The second-order valence-electron chi connectivity index (χ2n) is 4.94. The molecular weight excluding hydrogens is 361 g/mol. The van der Waals surface area contributed by atoms with Gasteiger partial charge in [-0.1, -0.05) is 60.7 Å². The lowest BCUT2D eigenvalue weighted by atomic mass is 10.2. The van der Waals surface area contributed by atoms with Crippen LogP contribution in [-0.2, 0) is 32.5 Å². The maximum atomic E-state index is 10.7. The Balaban J connectivity index is 0.000000307. The Hall–Kier alpha value is -1.51. The minimum Gasteiger partial charge on any atom is -0.741 e. The summed E-state index contributed by atoms with van der Waals surface area (Å²) in [6.07, 6.45) is 2.35. The van der Waals surface area contributed by atoms with E-state index in [0.29, 0.717) is 10.9 Å². The zero-order chi connectivity index (χ0) is 18.2. The number of rotatable bonds is 4.